The van der Waals surface area contributed by atoms with Gasteiger partial charge in [0.2, 0.25) is 0 Å². The second-order valence-corrected chi connectivity index (χ2v) is 6.19. The zero-order chi connectivity index (χ0) is 18.2. The molecule has 0 bridgehead atoms. The lowest BCUT2D eigenvalue weighted by atomic mass is 10.1. The van der Waals surface area contributed by atoms with Crippen LogP contribution in [0.25, 0.3) is 0 Å². The number of para-hydroxylation sites is 1. The van der Waals surface area contributed by atoms with Gasteiger partial charge < -0.3 is 15.0 Å². The summed E-state index contributed by atoms with van der Waals surface area (Å²) in [5.41, 5.74) is 3.39. The Morgan fingerprint density at radius 3 is 2.64 bits per heavy atom. The van der Waals surface area contributed by atoms with Crippen LogP contribution in [0.3, 0.4) is 0 Å². The minimum atomic E-state index is -0.0566. The van der Waals surface area contributed by atoms with E-state index in [0.29, 0.717) is 19.7 Å². The van der Waals surface area contributed by atoms with Crippen LogP contribution in [0.2, 0.25) is 0 Å². The molecule has 0 unspecified atom stereocenters. The third kappa shape index (κ3) is 5.52. The maximum atomic E-state index is 12.1. The Morgan fingerprint density at radius 2 is 2.00 bits per heavy atom. The molecule has 0 aliphatic rings. The normalized spacial score (nSPS) is 10.6. The number of carbonyl (C=O) groups is 1. The number of hydrogen-bond acceptors (Lipinski definition) is 3. The van der Waals surface area contributed by atoms with Gasteiger partial charge in [0.25, 0.3) is 0 Å². The van der Waals surface area contributed by atoms with E-state index in [9.17, 15) is 4.79 Å². The molecule has 0 saturated heterocycles. The summed E-state index contributed by atoms with van der Waals surface area (Å²) in [5.74, 6) is 0.858. The number of urea groups is 1. The van der Waals surface area contributed by atoms with Gasteiger partial charge in [-0.2, -0.15) is 5.10 Å². The van der Waals surface area contributed by atoms with E-state index in [4.69, 9.17) is 4.74 Å². The number of aryl methyl sites for hydroxylation is 2. The van der Waals surface area contributed by atoms with Crippen molar-refractivity contribution < 1.29 is 9.53 Å². The number of carbonyl (C=O) groups excluding carboxylic acids is 1. The highest BCUT2D eigenvalue weighted by molar-refractivity contribution is 5.73. The van der Waals surface area contributed by atoms with E-state index in [1.54, 1.807) is 11.9 Å². The molecule has 0 saturated carbocycles. The molecule has 1 N–H and O–H groups in total. The molecule has 6 heteroatoms. The van der Waals surface area contributed by atoms with E-state index >= 15 is 0 Å². The van der Waals surface area contributed by atoms with E-state index < -0.39 is 0 Å². The Kier molecular flexibility index (Phi) is 6.86. The van der Waals surface area contributed by atoms with Crippen LogP contribution in [-0.4, -0.2) is 47.5 Å². The molecule has 0 atom stereocenters. The minimum absolute atomic E-state index is 0.0566. The fourth-order valence-corrected chi connectivity index (χ4v) is 2.72. The van der Waals surface area contributed by atoms with E-state index in [-0.39, 0.29) is 6.03 Å². The molecular formula is C19H28N4O2. The van der Waals surface area contributed by atoms with Crippen molar-refractivity contribution in [2.45, 2.75) is 26.7 Å². The molecular weight excluding hydrogens is 316 g/mol. The van der Waals surface area contributed by atoms with Crippen LogP contribution in [0.5, 0.6) is 5.75 Å². The number of amides is 2. The standard InChI is InChI=1S/C19H28N4O2/c1-15-18(16(2)23(4)21-15)11-12-20-19(24)22(3)13-8-14-25-17-9-6-5-7-10-17/h5-7,9-10H,8,11-14H2,1-4H3,(H,20,24). The number of hydrogen-bond donors (Lipinski definition) is 1. The monoisotopic (exact) mass is 344 g/mol. The molecule has 0 spiro atoms. The van der Waals surface area contributed by atoms with E-state index in [2.05, 4.69) is 17.3 Å². The zero-order valence-electron chi connectivity index (χ0n) is 15.6. The Labute approximate surface area is 149 Å². The van der Waals surface area contributed by atoms with Crippen molar-refractivity contribution in [2.24, 2.45) is 7.05 Å². The van der Waals surface area contributed by atoms with Gasteiger partial charge in [0.15, 0.2) is 0 Å². The molecule has 1 aromatic carbocycles. The summed E-state index contributed by atoms with van der Waals surface area (Å²) in [6.45, 7) is 5.91. The second kappa shape index (κ2) is 9.11. The van der Waals surface area contributed by atoms with Gasteiger partial charge in [-0.3, -0.25) is 4.68 Å². The molecule has 2 aromatic rings. The smallest absolute Gasteiger partial charge is 0.317 e. The van der Waals surface area contributed by atoms with Crippen LogP contribution in [0, 0.1) is 13.8 Å². The second-order valence-electron chi connectivity index (χ2n) is 6.19. The summed E-state index contributed by atoms with van der Waals surface area (Å²) in [6.07, 6.45) is 1.59. The predicted molar refractivity (Wildman–Crippen MR) is 99.0 cm³/mol. The molecule has 0 fully saturated rings. The first-order valence-electron chi connectivity index (χ1n) is 8.65. The third-order valence-corrected chi connectivity index (χ3v) is 4.31. The molecule has 2 amide bonds. The maximum Gasteiger partial charge on any atom is 0.317 e. The number of nitrogens with one attached hydrogen (secondary N) is 1. The third-order valence-electron chi connectivity index (χ3n) is 4.31. The van der Waals surface area contributed by atoms with Gasteiger partial charge in [-0.25, -0.2) is 4.79 Å². The number of ether oxygens (including phenoxy) is 1. The minimum Gasteiger partial charge on any atom is -0.494 e. The Morgan fingerprint density at radius 1 is 1.28 bits per heavy atom. The molecule has 6 nitrogen and oxygen atoms in total. The first kappa shape index (κ1) is 18.8. The highest BCUT2D eigenvalue weighted by atomic mass is 16.5. The van der Waals surface area contributed by atoms with Gasteiger partial charge in [-0.15, -0.1) is 0 Å². The van der Waals surface area contributed by atoms with E-state index in [1.165, 1.54) is 5.56 Å². The lowest BCUT2D eigenvalue weighted by Gasteiger charge is -2.18. The highest BCUT2D eigenvalue weighted by Gasteiger charge is 2.11. The largest absolute Gasteiger partial charge is 0.494 e. The van der Waals surface area contributed by atoms with Crippen molar-refractivity contribution in [1.82, 2.24) is 20.0 Å². The molecule has 0 aliphatic carbocycles. The van der Waals surface area contributed by atoms with Crippen LogP contribution in [0.4, 0.5) is 4.79 Å². The first-order chi connectivity index (χ1) is 12.0. The Hall–Kier alpha value is -2.50. The van der Waals surface area contributed by atoms with Crippen LogP contribution in [0.15, 0.2) is 30.3 Å². The van der Waals surface area contributed by atoms with E-state index in [1.807, 2.05) is 49.0 Å². The molecule has 136 valence electrons. The van der Waals surface area contributed by atoms with Gasteiger partial charge in [0.05, 0.1) is 12.3 Å². The molecule has 0 aliphatic heterocycles. The fourth-order valence-electron chi connectivity index (χ4n) is 2.72. The topological polar surface area (TPSA) is 59.4 Å². The van der Waals surface area contributed by atoms with Gasteiger partial charge >= 0.3 is 6.03 Å². The maximum absolute atomic E-state index is 12.1. The Bertz CT molecular complexity index is 682. The van der Waals surface area contributed by atoms with Crippen molar-refractivity contribution >= 4 is 6.03 Å². The van der Waals surface area contributed by atoms with Crippen LogP contribution in [-0.2, 0) is 13.5 Å². The van der Waals surface area contributed by atoms with Crippen LogP contribution in [0.1, 0.15) is 23.4 Å². The van der Waals surface area contributed by atoms with Crippen molar-refractivity contribution in [1.29, 1.82) is 0 Å². The van der Waals surface area contributed by atoms with Crippen molar-refractivity contribution in [3.05, 3.63) is 47.3 Å². The van der Waals surface area contributed by atoms with E-state index in [0.717, 1.165) is 30.0 Å². The lowest BCUT2D eigenvalue weighted by molar-refractivity contribution is 0.203. The molecule has 0 radical (unpaired) electrons. The summed E-state index contributed by atoms with van der Waals surface area (Å²) in [5, 5.41) is 7.36. The summed E-state index contributed by atoms with van der Waals surface area (Å²) in [7, 11) is 3.74. The van der Waals surface area contributed by atoms with Crippen molar-refractivity contribution in [2.75, 3.05) is 26.7 Å². The number of rotatable bonds is 8. The molecule has 2 rings (SSSR count). The quantitative estimate of drug-likeness (QED) is 0.749. The lowest BCUT2D eigenvalue weighted by Crippen LogP contribution is -2.39. The summed E-state index contributed by atoms with van der Waals surface area (Å²) >= 11 is 0. The summed E-state index contributed by atoms with van der Waals surface area (Å²) in [6, 6.07) is 9.65. The first-order valence-corrected chi connectivity index (χ1v) is 8.65. The van der Waals surface area contributed by atoms with Crippen molar-refractivity contribution in [3.63, 3.8) is 0 Å². The average Bonchev–Trinajstić information content (AvgIpc) is 2.85. The number of aromatic nitrogens is 2. The molecule has 1 heterocycles. The summed E-state index contributed by atoms with van der Waals surface area (Å²) in [4.78, 5) is 13.8. The number of benzene rings is 1. The molecule has 1 aromatic heterocycles. The van der Waals surface area contributed by atoms with Crippen LogP contribution < -0.4 is 10.1 Å². The van der Waals surface area contributed by atoms with Gasteiger partial charge in [-0.05, 0) is 44.4 Å². The zero-order valence-corrected chi connectivity index (χ0v) is 15.6. The molecule has 25 heavy (non-hydrogen) atoms. The summed E-state index contributed by atoms with van der Waals surface area (Å²) < 4.78 is 7.52. The van der Waals surface area contributed by atoms with Gasteiger partial charge in [0, 0.05) is 32.9 Å². The fraction of sp³-hybridized carbons (Fsp3) is 0.474. The van der Waals surface area contributed by atoms with Gasteiger partial charge in [-0.1, -0.05) is 18.2 Å². The Balaban J connectivity index is 1.64. The predicted octanol–water partition coefficient (Wildman–Crippen LogP) is 2.69. The SMILES string of the molecule is Cc1nn(C)c(C)c1CCNC(=O)N(C)CCCOc1ccccc1. The van der Waals surface area contributed by atoms with Crippen molar-refractivity contribution in [3.8, 4) is 5.75 Å². The number of nitrogens with zero attached hydrogens (tertiary/aromatic N) is 3. The highest BCUT2D eigenvalue weighted by Crippen LogP contribution is 2.12. The van der Waals surface area contributed by atoms with Gasteiger partial charge in [0.1, 0.15) is 5.75 Å². The van der Waals surface area contributed by atoms with Crippen LogP contribution >= 0.6 is 0 Å². The average molecular weight is 344 g/mol.